The maximum atomic E-state index is 13.7. The van der Waals surface area contributed by atoms with Gasteiger partial charge in [0, 0.05) is 37.7 Å². The van der Waals surface area contributed by atoms with Gasteiger partial charge in [0.25, 0.3) is 5.91 Å². The molecule has 2 amide bonds. The molecule has 0 bridgehead atoms. The number of carbonyl (C=O) groups is 2. The summed E-state index contributed by atoms with van der Waals surface area (Å²) < 4.78 is 17.4. The lowest BCUT2D eigenvalue weighted by Gasteiger charge is -2.38. The van der Waals surface area contributed by atoms with Crippen molar-refractivity contribution < 1.29 is 28.9 Å². The van der Waals surface area contributed by atoms with E-state index in [1.54, 1.807) is 23.1 Å². The molecule has 0 saturated carbocycles. The van der Waals surface area contributed by atoms with Crippen LogP contribution in [0.2, 0.25) is 0 Å². The number of nitrogens with one attached hydrogen (secondary N) is 1. The molecule has 0 fully saturated rings. The number of fused-ring (bicyclic) bond motifs is 2. The predicted molar refractivity (Wildman–Crippen MR) is 153 cm³/mol. The Morgan fingerprint density at radius 2 is 1.88 bits per heavy atom. The molecule has 0 radical (unpaired) electrons. The standard InChI is InChI=1S/C30H42N4O6/c1-20-15-34(21(2)18-35)30(37)24-14-23(31-29(36)7-6-12-32(3)4)9-11-25(24)40-28(20)17-33(5)16-22-8-10-26-27(13-22)39-19-38-26/h8-11,13-14,20-21,28,35H,6-7,12,15-19H2,1-5H3,(H,31,36)/t20-,21-,28+/m0/s1. The van der Waals surface area contributed by atoms with Crippen LogP contribution >= 0.6 is 0 Å². The second kappa shape index (κ2) is 13.3. The van der Waals surface area contributed by atoms with Crippen LogP contribution in [0.1, 0.15) is 42.6 Å². The van der Waals surface area contributed by atoms with E-state index < -0.39 is 0 Å². The van der Waals surface area contributed by atoms with E-state index >= 15 is 0 Å². The lowest BCUT2D eigenvalue weighted by atomic mass is 9.99. The molecule has 2 heterocycles. The topological polar surface area (TPSA) is 104 Å². The highest BCUT2D eigenvalue weighted by Crippen LogP contribution is 2.33. The zero-order valence-electron chi connectivity index (χ0n) is 24.2. The maximum Gasteiger partial charge on any atom is 0.258 e. The summed E-state index contributed by atoms with van der Waals surface area (Å²) in [5.74, 6) is 1.66. The van der Waals surface area contributed by atoms with E-state index in [1.165, 1.54) is 0 Å². The molecule has 2 aliphatic rings. The van der Waals surface area contributed by atoms with Crippen LogP contribution in [0.3, 0.4) is 0 Å². The molecule has 3 atom stereocenters. The van der Waals surface area contributed by atoms with Crippen molar-refractivity contribution in [3.63, 3.8) is 0 Å². The van der Waals surface area contributed by atoms with Crippen LogP contribution in [0.25, 0.3) is 0 Å². The van der Waals surface area contributed by atoms with Crippen molar-refractivity contribution in [2.24, 2.45) is 5.92 Å². The van der Waals surface area contributed by atoms with Crippen LogP contribution in [0.5, 0.6) is 17.2 Å². The summed E-state index contributed by atoms with van der Waals surface area (Å²) in [5.41, 5.74) is 2.02. The van der Waals surface area contributed by atoms with Crippen LogP contribution in [0.4, 0.5) is 5.69 Å². The van der Waals surface area contributed by atoms with Gasteiger partial charge in [0.2, 0.25) is 12.7 Å². The van der Waals surface area contributed by atoms with Gasteiger partial charge >= 0.3 is 0 Å². The number of hydrogen-bond acceptors (Lipinski definition) is 8. The van der Waals surface area contributed by atoms with E-state index in [0.29, 0.717) is 43.1 Å². The summed E-state index contributed by atoms with van der Waals surface area (Å²) in [6, 6.07) is 10.8. The Labute approximate surface area is 236 Å². The fourth-order valence-corrected chi connectivity index (χ4v) is 5.02. The Morgan fingerprint density at radius 3 is 2.62 bits per heavy atom. The molecular formula is C30H42N4O6. The van der Waals surface area contributed by atoms with Crippen LogP contribution in [0, 0.1) is 5.92 Å². The van der Waals surface area contributed by atoms with Gasteiger partial charge in [0.1, 0.15) is 11.9 Å². The number of benzene rings is 2. The zero-order valence-corrected chi connectivity index (χ0v) is 24.2. The van der Waals surface area contributed by atoms with E-state index in [4.69, 9.17) is 14.2 Å². The van der Waals surface area contributed by atoms with E-state index in [1.807, 2.05) is 51.2 Å². The summed E-state index contributed by atoms with van der Waals surface area (Å²) >= 11 is 0. The Balaban J connectivity index is 1.51. The lowest BCUT2D eigenvalue weighted by molar-refractivity contribution is -0.116. The lowest BCUT2D eigenvalue weighted by Crippen LogP contribution is -2.49. The van der Waals surface area contributed by atoms with Gasteiger partial charge in [-0.3, -0.25) is 14.5 Å². The quantitative estimate of drug-likeness (QED) is 0.437. The third kappa shape index (κ3) is 7.44. The number of amides is 2. The molecule has 0 aliphatic carbocycles. The van der Waals surface area contributed by atoms with Crippen molar-refractivity contribution >= 4 is 17.5 Å². The molecule has 2 aliphatic heterocycles. The Hall–Kier alpha value is -3.34. The summed E-state index contributed by atoms with van der Waals surface area (Å²) in [6.45, 7) is 6.56. The summed E-state index contributed by atoms with van der Waals surface area (Å²) in [5, 5.41) is 12.8. The van der Waals surface area contributed by atoms with Gasteiger partial charge < -0.3 is 34.4 Å². The maximum absolute atomic E-state index is 13.7. The van der Waals surface area contributed by atoms with Crippen LogP contribution in [-0.2, 0) is 11.3 Å². The van der Waals surface area contributed by atoms with Gasteiger partial charge in [-0.05, 0) is 76.9 Å². The Morgan fingerprint density at radius 1 is 1.12 bits per heavy atom. The first-order chi connectivity index (χ1) is 19.1. The van der Waals surface area contributed by atoms with Gasteiger partial charge in [0.05, 0.1) is 18.2 Å². The molecular weight excluding hydrogens is 512 g/mol. The molecule has 2 N–H and O–H groups in total. The predicted octanol–water partition coefficient (Wildman–Crippen LogP) is 3.05. The number of anilines is 1. The molecule has 0 unspecified atom stereocenters. The van der Waals surface area contributed by atoms with E-state index in [-0.39, 0.29) is 43.3 Å². The number of aliphatic hydroxyl groups is 1. The van der Waals surface area contributed by atoms with Gasteiger partial charge in [0.15, 0.2) is 11.5 Å². The first kappa shape index (κ1) is 29.6. The highest BCUT2D eigenvalue weighted by molar-refractivity contribution is 5.99. The van der Waals surface area contributed by atoms with Crippen molar-refractivity contribution in [3.05, 3.63) is 47.5 Å². The molecule has 0 saturated heterocycles. The summed E-state index contributed by atoms with van der Waals surface area (Å²) in [6.07, 6.45) is 0.918. The van der Waals surface area contributed by atoms with E-state index in [9.17, 15) is 14.7 Å². The highest BCUT2D eigenvalue weighted by atomic mass is 16.7. The van der Waals surface area contributed by atoms with Crippen LogP contribution in [-0.4, -0.2) is 97.9 Å². The molecule has 10 heteroatoms. The van der Waals surface area contributed by atoms with Crippen molar-refractivity contribution in [1.29, 1.82) is 0 Å². The molecule has 218 valence electrons. The zero-order chi connectivity index (χ0) is 28.8. The summed E-state index contributed by atoms with van der Waals surface area (Å²) in [7, 11) is 5.98. The number of likely N-dealkylation sites (N-methyl/N-ethyl adjacent to an activating group) is 1. The number of carbonyl (C=O) groups excluding carboxylic acids is 2. The molecule has 40 heavy (non-hydrogen) atoms. The molecule has 0 aromatic heterocycles. The van der Waals surface area contributed by atoms with Crippen molar-refractivity contribution in [2.75, 3.05) is 59.5 Å². The molecule has 4 rings (SSSR count). The number of hydrogen-bond donors (Lipinski definition) is 2. The highest BCUT2D eigenvalue weighted by Gasteiger charge is 2.33. The van der Waals surface area contributed by atoms with Gasteiger partial charge in [-0.25, -0.2) is 0 Å². The van der Waals surface area contributed by atoms with Crippen molar-refractivity contribution in [3.8, 4) is 17.2 Å². The molecule has 2 aromatic rings. The number of nitrogens with zero attached hydrogens (tertiary/aromatic N) is 3. The van der Waals surface area contributed by atoms with Gasteiger partial charge in [-0.2, -0.15) is 0 Å². The minimum atomic E-state index is -0.364. The first-order valence-electron chi connectivity index (χ1n) is 13.9. The van der Waals surface area contributed by atoms with Gasteiger partial charge in [-0.1, -0.05) is 13.0 Å². The number of aliphatic hydroxyl groups excluding tert-OH is 1. The molecule has 2 aromatic carbocycles. The minimum Gasteiger partial charge on any atom is -0.488 e. The normalized spacial score (nSPS) is 19.2. The average molecular weight is 555 g/mol. The Bertz CT molecular complexity index is 1190. The third-order valence-electron chi connectivity index (χ3n) is 7.34. The fourth-order valence-electron chi connectivity index (χ4n) is 5.02. The second-order valence-electron chi connectivity index (χ2n) is 11.2. The Kier molecular flexibility index (Phi) is 9.89. The van der Waals surface area contributed by atoms with E-state index in [0.717, 1.165) is 30.0 Å². The third-order valence-corrected chi connectivity index (χ3v) is 7.34. The largest absolute Gasteiger partial charge is 0.488 e. The first-order valence-corrected chi connectivity index (χ1v) is 13.9. The molecule has 0 spiro atoms. The van der Waals surface area contributed by atoms with Crippen molar-refractivity contribution in [1.82, 2.24) is 14.7 Å². The van der Waals surface area contributed by atoms with Crippen molar-refractivity contribution in [2.45, 2.75) is 45.4 Å². The van der Waals surface area contributed by atoms with Gasteiger partial charge in [-0.15, -0.1) is 0 Å². The van der Waals surface area contributed by atoms with E-state index in [2.05, 4.69) is 17.1 Å². The molecule has 10 nitrogen and oxygen atoms in total. The van der Waals surface area contributed by atoms with Crippen LogP contribution < -0.4 is 19.5 Å². The second-order valence-corrected chi connectivity index (χ2v) is 11.2. The SMILES string of the molecule is C[C@H]1CN([C@@H](C)CO)C(=O)c2cc(NC(=O)CCCN(C)C)ccc2O[C@@H]1CN(C)Cc1ccc2c(c1)OCO2. The summed E-state index contributed by atoms with van der Waals surface area (Å²) in [4.78, 5) is 32.1. The monoisotopic (exact) mass is 554 g/mol. The van der Waals surface area contributed by atoms with Crippen LogP contribution in [0.15, 0.2) is 36.4 Å². The number of rotatable bonds is 11. The minimum absolute atomic E-state index is 0.00128. The smallest absolute Gasteiger partial charge is 0.258 e. The fraction of sp³-hybridized carbons (Fsp3) is 0.533. The average Bonchev–Trinajstić information content (AvgIpc) is 3.38. The number of ether oxygens (including phenoxy) is 3.